The van der Waals surface area contributed by atoms with Crippen LogP contribution >= 0.6 is 0 Å². The number of aromatic amines is 1. The number of amides is 2. The number of carbonyl (C=O) groups is 2. The Morgan fingerprint density at radius 1 is 0.895 bits per heavy atom. The number of hydrogen-bond acceptors (Lipinski definition) is 6. The highest BCUT2D eigenvalue weighted by molar-refractivity contribution is 6.91. The van der Waals surface area contributed by atoms with Gasteiger partial charge in [0.15, 0.2) is 5.60 Å². The molecule has 57 heavy (non-hydrogen) atoms. The number of fused-ring (bicyclic) bond motifs is 3. The second-order valence-electron chi connectivity index (χ2n) is 15.8. The summed E-state index contributed by atoms with van der Waals surface area (Å²) < 4.78 is 14.3. The first-order chi connectivity index (χ1) is 27.6. The van der Waals surface area contributed by atoms with E-state index >= 15 is 4.79 Å². The molecule has 2 amide bonds. The van der Waals surface area contributed by atoms with Crippen molar-refractivity contribution in [2.45, 2.75) is 56.8 Å². The molecule has 0 aliphatic carbocycles. The zero-order valence-corrected chi connectivity index (χ0v) is 33.7. The average Bonchev–Trinajstić information content (AvgIpc) is 3.81. The molecule has 1 fully saturated rings. The fourth-order valence-electron chi connectivity index (χ4n) is 9.36. The molecule has 6 aromatic rings. The molecular weight excluding hydrogens is 733 g/mol. The summed E-state index contributed by atoms with van der Waals surface area (Å²) in [6.07, 6.45) is -0.519. The van der Waals surface area contributed by atoms with Gasteiger partial charge < -0.3 is 24.4 Å². The van der Waals surface area contributed by atoms with Crippen LogP contribution in [0.5, 0.6) is 5.75 Å². The third-order valence-electron chi connectivity index (χ3n) is 12.2. The van der Waals surface area contributed by atoms with Crippen LogP contribution in [-0.4, -0.2) is 66.0 Å². The van der Waals surface area contributed by atoms with Gasteiger partial charge in [-0.3, -0.25) is 19.5 Å². The van der Waals surface area contributed by atoms with Gasteiger partial charge in [0.05, 0.1) is 63.1 Å². The van der Waals surface area contributed by atoms with Gasteiger partial charge in [-0.2, -0.15) is 0 Å². The Bertz CT molecular complexity index is 2480. The van der Waals surface area contributed by atoms with Crippen LogP contribution < -0.4 is 20.4 Å². The molecule has 4 atom stereocenters. The van der Waals surface area contributed by atoms with E-state index in [2.05, 4.69) is 37.2 Å². The molecule has 0 unspecified atom stereocenters. The lowest BCUT2D eigenvalue weighted by atomic mass is 9.82. The Morgan fingerprint density at radius 3 is 2.33 bits per heavy atom. The number of nitrogens with one attached hydrogen (secondary N) is 1. The Hall–Kier alpha value is -5.75. The van der Waals surface area contributed by atoms with E-state index in [0.29, 0.717) is 17.6 Å². The highest BCUT2D eigenvalue weighted by Gasteiger charge is 2.66. The number of carbonyl (C=O) groups excluding carboxylic acids is 2. The molecule has 0 saturated carbocycles. The molecule has 3 heterocycles. The van der Waals surface area contributed by atoms with Crippen molar-refractivity contribution in [2.75, 3.05) is 25.2 Å². The summed E-state index contributed by atoms with van der Waals surface area (Å²) in [5, 5.41) is 15.0. The molecule has 0 bridgehead atoms. The van der Waals surface area contributed by atoms with E-state index in [1.807, 2.05) is 109 Å². The summed E-state index contributed by atoms with van der Waals surface area (Å²) >= 11 is 0. The predicted octanol–water partition coefficient (Wildman–Crippen LogP) is 6.50. The second-order valence-corrected chi connectivity index (χ2v) is 20.4. The minimum atomic E-state index is -2.51. The topological polar surface area (TPSA) is 117 Å². The third-order valence-corrected chi connectivity index (χ3v) is 16.5. The molecular formula is C46H48N4O6Si. The normalized spacial score (nSPS) is 20.3. The van der Waals surface area contributed by atoms with Crippen molar-refractivity contribution >= 4 is 41.7 Å². The molecule has 1 aromatic heterocycles. The molecule has 2 aliphatic heterocycles. The molecule has 1 saturated heterocycles. The molecule has 2 N–H and O–H groups in total. The van der Waals surface area contributed by atoms with E-state index in [4.69, 9.17) is 9.47 Å². The number of H-pyrrole nitrogens is 1. The Balaban J connectivity index is 1.16. The SMILES string of the molecule is COc1ccc([Si](C)(C)[C@@H]2[C@@H](CC(=O)N(CCO)Cc3ccccc3)O[C@]3(C(=O)N(Cc4cccc(-n5[nH]c6ccccc6c5=O)c4)c4ccccc43)[C@H]2C)cc1. The summed E-state index contributed by atoms with van der Waals surface area (Å²) in [6, 6.07) is 40.8. The lowest BCUT2D eigenvalue weighted by molar-refractivity contribution is -0.150. The highest BCUT2D eigenvalue weighted by Crippen LogP contribution is 2.60. The minimum Gasteiger partial charge on any atom is -0.497 e. The number of aliphatic hydroxyl groups excluding tert-OH is 1. The minimum absolute atomic E-state index is 0.0624. The molecule has 1 spiro atoms. The number of hydrogen-bond donors (Lipinski definition) is 2. The third kappa shape index (κ3) is 6.69. The van der Waals surface area contributed by atoms with E-state index in [1.54, 1.807) is 23.0 Å². The lowest BCUT2D eigenvalue weighted by Gasteiger charge is -2.37. The zero-order chi connectivity index (χ0) is 39.9. The van der Waals surface area contributed by atoms with Crippen molar-refractivity contribution in [1.82, 2.24) is 14.7 Å². The van der Waals surface area contributed by atoms with Crippen molar-refractivity contribution in [3.8, 4) is 11.4 Å². The zero-order valence-electron chi connectivity index (χ0n) is 32.7. The van der Waals surface area contributed by atoms with Gasteiger partial charge in [0.25, 0.3) is 11.5 Å². The van der Waals surface area contributed by atoms with Gasteiger partial charge in [-0.15, -0.1) is 0 Å². The van der Waals surface area contributed by atoms with Crippen molar-refractivity contribution in [3.05, 3.63) is 154 Å². The van der Waals surface area contributed by atoms with Gasteiger partial charge in [0, 0.05) is 24.6 Å². The number of rotatable bonds is 12. The highest BCUT2D eigenvalue weighted by atomic mass is 28.3. The number of methoxy groups -OCH3 is 1. The number of nitrogens with zero attached hydrogens (tertiary/aromatic N) is 3. The van der Waals surface area contributed by atoms with E-state index in [-0.39, 0.29) is 54.9 Å². The second kappa shape index (κ2) is 15.3. The monoisotopic (exact) mass is 780 g/mol. The van der Waals surface area contributed by atoms with E-state index in [9.17, 15) is 14.7 Å². The first-order valence-corrected chi connectivity index (χ1v) is 22.6. The summed E-state index contributed by atoms with van der Waals surface area (Å²) in [5.74, 6) is 0.165. The van der Waals surface area contributed by atoms with Crippen molar-refractivity contribution in [2.24, 2.45) is 5.92 Å². The maximum Gasteiger partial charge on any atom is 0.279 e. The molecule has 5 aromatic carbocycles. The molecule has 2 aliphatic rings. The van der Waals surface area contributed by atoms with Crippen LogP contribution in [-0.2, 0) is 33.0 Å². The fourth-order valence-corrected chi connectivity index (χ4v) is 13.4. The Kier molecular flexibility index (Phi) is 10.2. The first kappa shape index (κ1) is 38.1. The van der Waals surface area contributed by atoms with Crippen LogP contribution in [0.2, 0.25) is 18.6 Å². The summed E-state index contributed by atoms with van der Waals surface area (Å²) in [4.78, 5) is 46.5. The summed E-state index contributed by atoms with van der Waals surface area (Å²) in [6.45, 7) is 7.34. The van der Waals surface area contributed by atoms with Gasteiger partial charge in [0.2, 0.25) is 5.91 Å². The Labute approximate surface area is 333 Å². The van der Waals surface area contributed by atoms with Gasteiger partial charge in [-0.1, -0.05) is 110 Å². The van der Waals surface area contributed by atoms with Crippen LogP contribution in [0.1, 0.15) is 30.0 Å². The van der Waals surface area contributed by atoms with Crippen molar-refractivity contribution < 1.29 is 24.2 Å². The molecule has 10 nitrogen and oxygen atoms in total. The van der Waals surface area contributed by atoms with Crippen LogP contribution in [0.15, 0.2) is 132 Å². The maximum absolute atomic E-state index is 15.3. The molecule has 292 valence electrons. The quantitative estimate of drug-likeness (QED) is 0.137. The number of ether oxygens (including phenoxy) is 2. The lowest BCUT2D eigenvalue weighted by Crippen LogP contribution is -2.52. The van der Waals surface area contributed by atoms with E-state index < -0.39 is 19.8 Å². The van der Waals surface area contributed by atoms with Crippen LogP contribution in [0.4, 0.5) is 5.69 Å². The Morgan fingerprint density at radius 2 is 1.60 bits per heavy atom. The van der Waals surface area contributed by atoms with Gasteiger partial charge in [-0.05, 0) is 59.1 Å². The fraction of sp³-hybridized carbons (Fsp3) is 0.283. The van der Waals surface area contributed by atoms with Gasteiger partial charge >= 0.3 is 0 Å². The van der Waals surface area contributed by atoms with E-state index in [0.717, 1.165) is 33.6 Å². The predicted molar refractivity (Wildman–Crippen MR) is 225 cm³/mol. The van der Waals surface area contributed by atoms with E-state index in [1.165, 1.54) is 9.87 Å². The maximum atomic E-state index is 15.3. The molecule has 0 radical (unpaired) electrons. The van der Waals surface area contributed by atoms with Gasteiger partial charge in [-0.25, -0.2) is 4.68 Å². The number of para-hydroxylation sites is 2. The van der Waals surface area contributed by atoms with Crippen LogP contribution in [0.3, 0.4) is 0 Å². The standard InChI is InChI=1S/C46H48N4O6Si/c1-31-43(57(3,4)36-23-21-35(55-2)22-24-36)41(28-42(52)48(25-26-51)29-32-13-6-5-7-14-32)56-46(31)38-18-9-11-20-40(38)49(45(46)54)30-33-15-12-16-34(27-33)50-44(53)37-17-8-10-19-39(37)47-50/h5-24,27,31,41,43,47,51H,25-26,28-30H2,1-4H3/t31-,41+,43-,46+/m0/s1. The van der Waals surface area contributed by atoms with Crippen molar-refractivity contribution in [3.63, 3.8) is 0 Å². The number of benzene rings is 5. The summed E-state index contributed by atoms with van der Waals surface area (Å²) in [7, 11) is -0.866. The van der Waals surface area contributed by atoms with Crippen LogP contribution in [0.25, 0.3) is 16.6 Å². The van der Waals surface area contributed by atoms with Gasteiger partial charge in [0.1, 0.15) is 5.75 Å². The summed E-state index contributed by atoms with van der Waals surface area (Å²) in [5.41, 5.74) is 3.17. The number of aliphatic hydroxyl groups is 1. The first-order valence-electron chi connectivity index (χ1n) is 19.5. The van der Waals surface area contributed by atoms with Crippen LogP contribution in [0, 0.1) is 5.92 Å². The van der Waals surface area contributed by atoms with Crippen molar-refractivity contribution in [1.29, 1.82) is 0 Å². The number of aromatic nitrogens is 2. The average molecular weight is 781 g/mol. The molecule has 11 heteroatoms. The smallest absolute Gasteiger partial charge is 0.279 e. The molecule has 8 rings (SSSR count). The largest absolute Gasteiger partial charge is 0.497 e. The number of anilines is 1.